The summed E-state index contributed by atoms with van der Waals surface area (Å²) in [4.78, 5) is 36.5. The first-order chi connectivity index (χ1) is 13.6. The summed E-state index contributed by atoms with van der Waals surface area (Å²) in [5, 5.41) is 3.85. The van der Waals surface area contributed by atoms with Gasteiger partial charge >= 0.3 is 0 Å². The standard InChI is InChI=1S/C20H17ClN4O2S/c21-14-5-3-13(4-6-14)20(27)25-10-7-16-17(8-11-25)28-19(24-16)18(26)23-15-2-1-9-22-12-15/h1-6,9,12H,7-8,10-11H2,(H,23,26). The number of hydrogen-bond donors (Lipinski definition) is 1. The fraction of sp³-hybridized carbons (Fsp3) is 0.200. The number of fused-ring (bicyclic) bond motifs is 1. The summed E-state index contributed by atoms with van der Waals surface area (Å²) in [7, 11) is 0. The molecule has 0 atom stereocenters. The number of benzene rings is 1. The van der Waals surface area contributed by atoms with Crippen molar-refractivity contribution in [1.29, 1.82) is 0 Å². The predicted molar refractivity (Wildman–Crippen MR) is 109 cm³/mol. The van der Waals surface area contributed by atoms with Crippen molar-refractivity contribution in [3.05, 3.63) is 75.0 Å². The fourth-order valence-electron chi connectivity index (χ4n) is 3.06. The van der Waals surface area contributed by atoms with E-state index in [-0.39, 0.29) is 11.8 Å². The Hall–Kier alpha value is -2.77. The minimum Gasteiger partial charge on any atom is -0.338 e. The monoisotopic (exact) mass is 412 g/mol. The van der Waals surface area contributed by atoms with Gasteiger partial charge in [-0.25, -0.2) is 4.98 Å². The molecule has 8 heteroatoms. The lowest BCUT2D eigenvalue weighted by Gasteiger charge is -2.20. The molecule has 0 bridgehead atoms. The van der Waals surface area contributed by atoms with Crippen LogP contribution in [0.15, 0.2) is 48.8 Å². The molecule has 3 aromatic rings. The molecule has 4 rings (SSSR count). The van der Waals surface area contributed by atoms with Crippen molar-refractivity contribution in [2.24, 2.45) is 0 Å². The highest BCUT2D eigenvalue weighted by Crippen LogP contribution is 2.24. The van der Waals surface area contributed by atoms with Gasteiger partial charge in [-0.1, -0.05) is 11.6 Å². The number of anilines is 1. The van der Waals surface area contributed by atoms with Gasteiger partial charge in [-0.05, 0) is 36.4 Å². The molecule has 0 saturated heterocycles. The Morgan fingerprint density at radius 1 is 1.11 bits per heavy atom. The van der Waals surface area contributed by atoms with Gasteiger partial charge in [0.15, 0.2) is 5.01 Å². The molecule has 1 aliphatic heterocycles. The summed E-state index contributed by atoms with van der Waals surface area (Å²) >= 11 is 7.29. The maximum Gasteiger partial charge on any atom is 0.284 e. The summed E-state index contributed by atoms with van der Waals surface area (Å²) in [5.41, 5.74) is 2.16. The number of hydrogen-bond acceptors (Lipinski definition) is 5. The topological polar surface area (TPSA) is 75.2 Å². The van der Waals surface area contributed by atoms with Crippen LogP contribution in [0, 0.1) is 0 Å². The molecule has 2 amide bonds. The zero-order chi connectivity index (χ0) is 19.5. The maximum atomic E-state index is 12.7. The van der Waals surface area contributed by atoms with Crippen molar-refractivity contribution in [3.63, 3.8) is 0 Å². The van der Waals surface area contributed by atoms with E-state index in [9.17, 15) is 9.59 Å². The van der Waals surface area contributed by atoms with Crippen LogP contribution < -0.4 is 5.32 Å². The van der Waals surface area contributed by atoms with Crippen molar-refractivity contribution in [2.75, 3.05) is 18.4 Å². The van der Waals surface area contributed by atoms with Gasteiger partial charge in [0.2, 0.25) is 0 Å². The lowest BCUT2D eigenvalue weighted by Crippen LogP contribution is -2.33. The van der Waals surface area contributed by atoms with Gasteiger partial charge in [0, 0.05) is 47.6 Å². The van der Waals surface area contributed by atoms with Crippen LogP contribution in [0.3, 0.4) is 0 Å². The molecule has 0 fully saturated rings. The number of carbonyl (C=O) groups is 2. The highest BCUT2D eigenvalue weighted by molar-refractivity contribution is 7.13. The molecule has 0 unspecified atom stereocenters. The van der Waals surface area contributed by atoms with E-state index in [1.165, 1.54) is 11.3 Å². The van der Waals surface area contributed by atoms with Crippen molar-refractivity contribution in [2.45, 2.75) is 12.8 Å². The third-order valence-electron chi connectivity index (χ3n) is 4.50. The first-order valence-corrected chi connectivity index (χ1v) is 10.0. The van der Waals surface area contributed by atoms with Gasteiger partial charge in [0.1, 0.15) is 0 Å². The zero-order valence-electron chi connectivity index (χ0n) is 14.9. The molecule has 0 spiro atoms. The first kappa shape index (κ1) is 18.6. The van der Waals surface area contributed by atoms with Gasteiger partial charge < -0.3 is 10.2 Å². The molecule has 0 radical (unpaired) electrons. The van der Waals surface area contributed by atoms with E-state index in [0.29, 0.717) is 47.2 Å². The minimum absolute atomic E-state index is 0.0126. The number of thiazole rings is 1. The number of aromatic nitrogens is 2. The van der Waals surface area contributed by atoms with Gasteiger partial charge in [-0.15, -0.1) is 11.3 Å². The van der Waals surface area contributed by atoms with E-state index in [4.69, 9.17) is 11.6 Å². The van der Waals surface area contributed by atoms with E-state index >= 15 is 0 Å². The van der Waals surface area contributed by atoms with Crippen LogP contribution >= 0.6 is 22.9 Å². The minimum atomic E-state index is -0.236. The van der Waals surface area contributed by atoms with E-state index < -0.39 is 0 Å². The molecule has 142 valence electrons. The molecule has 28 heavy (non-hydrogen) atoms. The number of nitrogens with zero attached hydrogens (tertiary/aromatic N) is 3. The first-order valence-electron chi connectivity index (χ1n) is 8.85. The summed E-state index contributed by atoms with van der Waals surface area (Å²) in [6.45, 7) is 1.17. The van der Waals surface area contributed by atoms with Crippen LogP contribution in [-0.4, -0.2) is 39.8 Å². The quantitative estimate of drug-likeness (QED) is 0.712. The Labute approximate surface area is 171 Å². The highest BCUT2D eigenvalue weighted by Gasteiger charge is 2.24. The second-order valence-electron chi connectivity index (χ2n) is 6.38. The summed E-state index contributed by atoms with van der Waals surface area (Å²) < 4.78 is 0. The van der Waals surface area contributed by atoms with Gasteiger partial charge in [-0.3, -0.25) is 14.6 Å². The van der Waals surface area contributed by atoms with E-state index in [0.717, 1.165) is 10.6 Å². The Bertz CT molecular complexity index is 979. The summed E-state index contributed by atoms with van der Waals surface area (Å²) in [6, 6.07) is 10.5. The average Bonchev–Trinajstić information content (AvgIpc) is 3.02. The van der Waals surface area contributed by atoms with Gasteiger partial charge in [0.25, 0.3) is 11.8 Å². The number of amides is 2. The molecule has 1 aromatic carbocycles. The maximum absolute atomic E-state index is 12.7. The number of pyridine rings is 1. The molecular weight excluding hydrogens is 396 g/mol. The number of rotatable bonds is 3. The Balaban J connectivity index is 1.43. The summed E-state index contributed by atoms with van der Waals surface area (Å²) in [5.74, 6) is -0.249. The molecular formula is C20H17ClN4O2S. The summed E-state index contributed by atoms with van der Waals surface area (Å²) in [6.07, 6.45) is 4.56. The van der Waals surface area contributed by atoms with Gasteiger partial charge in [-0.2, -0.15) is 0 Å². The fourth-order valence-corrected chi connectivity index (χ4v) is 4.18. The van der Waals surface area contributed by atoms with Crippen LogP contribution in [0.25, 0.3) is 0 Å². The Morgan fingerprint density at radius 2 is 1.89 bits per heavy atom. The third-order valence-corrected chi connectivity index (χ3v) is 5.91. The highest BCUT2D eigenvalue weighted by atomic mass is 35.5. The second-order valence-corrected chi connectivity index (χ2v) is 7.90. The van der Waals surface area contributed by atoms with Crippen LogP contribution in [0.1, 0.15) is 30.7 Å². The average molecular weight is 413 g/mol. The molecule has 1 aliphatic rings. The smallest absolute Gasteiger partial charge is 0.284 e. The predicted octanol–water partition coefficient (Wildman–Crippen LogP) is 3.68. The van der Waals surface area contributed by atoms with Crippen LogP contribution in [0.2, 0.25) is 5.02 Å². The normalized spacial score (nSPS) is 13.5. The van der Waals surface area contributed by atoms with Crippen molar-refractivity contribution < 1.29 is 9.59 Å². The van der Waals surface area contributed by atoms with Gasteiger partial charge in [0.05, 0.1) is 17.6 Å². The largest absolute Gasteiger partial charge is 0.338 e. The lowest BCUT2D eigenvalue weighted by molar-refractivity contribution is 0.0762. The van der Waals surface area contributed by atoms with Crippen molar-refractivity contribution in [3.8, 4) is 0 Å². The molecule has 1 N–H and O–H groups in total. The zero-order valence-corrected chi connectivity index (χ0v) is 16.5. The van der Waals surface area contributed by atoms with Crippen molar-refractivity contribution >= 4 is 40.4 Å². The van der Waals surface area contributed by atoms with Crippen LogP contribution in [0.4, 0.5) is 5.69 Å². The molecule has 0 aliphatic carbocycles. The molecule has 3 heterocycles. The van der Waals surface area contributed by atoms with Crippen LogP contribution in [0.5, 0.6) is 0 Å². The number of carbonyl (C=O) groups excluding carboxylic acids is 2. The lowest BCUT2D eigenvalue weighted by atomic mass is 10.2. The van der Waals surface area contributed by atoms with Crippen molar-refractivity contribution in [1.82, 2.24) is 14.9 Å². The number of halogens is 1. The Kier molecular flexibility index (Phi) is 5.36. The molecule has 0 saturated carbocycles. The second kappa shape index (κ2) is 8.08. The number of nitrogens with one attached hydrogen (secondary N) is 1. The SMILES string of the molecule is O=C(Nc1cccnc1)c1nc2c(s1)CCN(C(=O)c1ccc(Cl)cc1)CC2. The molecule has 2 aromatic heterocycles. The molecule has 6 nitrogen and oxygen atoms in total. The van der Waals surface area contributed by atoms with E-state index in [1.807, 2.05) is 4.90 Å². The van der Waals surface area contributed by atoms with E-state index in [2.05, 4.69) is 15.3 Å². The van der Waals surface area contributed by atoms with E-state index in [1.54, 1.807) is 48.8 Å². The third kappa shape index (κ3) is 4.05. The van der Waals surface area contributed by atoms with Crippen LogP contribution in [-0.2, 0) is 12.8 Å². The Morgan fingerprint density at radius 3 is 2.64 bits per heavy atom.